The molecular weight excluding hydrogens is 244 g/mol. The van der Waals surface area contributed by atoms with Gasteiger partial charge >= 0.3 is 0 Å². The van der Waals surface area contributed by atoms with Gasteiger partial charge in [0.25, 0.3) is 0 Å². The lowest BCUT2D eigenvalue weighted by molar-refractivity contribution is 0.143. The summed E-state index contributed by atoms with van der Waals surface area (Å²) in [5.74, 6) is 5.98. The summed E-state index contributed by atoms with van der Waals surface area (Å²) in [6, 6.07) is 10.1. The first-order valence-corrected chi connectivity index (χ1v) is 6.52. The zero-order chi connectivity index (χ0) is 14.8. The lowest BCUT2D eigenvalue weighted by Gasteiger charge is -2.11. The average molecular weight is 262 g/mol. The van der Waals surface area contributed by atoms with Crippen molar-refractivity contribution in [1.82, 2.24) is 0 Å². The first-order valence-electron chi connectivity index (χ1n) is 6.52. The van der Waals surface area contributed by atoms with Crippen LogP contribution in [0, 0.1) is 11.8 Å². The summed E-state index contributed by atoms with van der Waals surface area (Å²) in [5.41, 5.74) is 1.81. The molecule has 0 heterocycles. The lowest BCUT2D eigenvalue weighted by atomic mass is 9.93. The number of aliphatic hydroxyl groups is 1. The fourth-order valence-corrected chi connectivity index (χ4v) is 2.12. The van der Waals surface area contributed by atoms with Crippen molar-refractivity contribution in [3.05, 3.63) is 60.2 Å². The molecule has 0 saturated heterocycles. The molecule has 2 aromatic rings. The van der Waals surface area contributed by atoms with Gasteiger partial charge in [-0.15, -0.1) is 0 Å². The Balaban J connectivity index is 2.86. The highest BCUT2D eigenvalue weighted by atomic mass is 16.3. The van der Waals surface area contributed by atoms with Crippen LogP contribution >= 0.6 is 0 Å². The van der Waals surface area contributed by atoms with Crippen LogP contribution in [0.15, 0.2) is 43.5 Å². The number of hydrogen-bond donors (Lipinski definition) is 1. The summed E-state index contributed by atoms with van der Waals surface area (Å²) >= 11 is 0. The van der Waals surface area contributed by atoms with E-state index in [1.54, 1.807) is 26.0 Å². The molecule has 0 spiro atoms. The van der Waals surface area contributed by atoms with Crippen molar-refractivity contribution in [1.29, 1.82) is 0 Å². The molecular formula is C19H18O. The molecule has 2 rings (SSSR count). The molecule has 0 amide bonds. The van der Waals surface area contributed by atoms with E-state index in [-0.39, 0.29) is 0 Å². The highest BCUT2D eigenvalue weighted by molar-refractivity contribution is 5.94. The maximum Gasteiger partial charge on any atom is 0.120 e. The van der Waals surface area contributed by atoms with Crippen molar-refractivity contribution in [2.24, 2.45) is 0 Å². The van der Waals surface area contributed by atoms with E-state index < -0.39 is 5.60 Å². The molecule has 0 unspecified atom stereocenters. The van der Waals surface area contributed by atoms with Crippen LogP contribution in [0.3, 0.4) is 0 Å². The number of hydrogen-bond acceptors (Lipinski definition) is 1. The predicted octanol–water partition coefficient (Wildman–Crippen LogP) is 4.25. The summed E-state index contributed by atoms with van der Waals surface area (Å²) in [6.45, 7) is 11.1. The molecule has 1 heteroatoms. The van der Waals surface area contributed by atoms with Crippen molar-refractivity contribution in [3.63, 3.8) is 0 Å². The fourth-order valence-electron chi connectivity index (χ4n) is 2.12. The second-order valence-corrected chi connectivity index (χ2v) is 5.19. The minimum absolute atomic E-state index is 0.884. The quantitative estimate of drug-likeness (QED) is 0.802. The third kappa shape index (κ3) is 2.82. The van der Waals surface area contributed by atoms with E-state index in [2.05, 4.69) is 31.1 Å². The number of fused-ring (bicyclic) bond motifs is 1. The maximum absolute atomic E-state index is 9.82. The molecule has 0 fully saturated rings. The Labute approximate surface area is 120 Å². The summed E-state index contributed by atoms with van der Waals surface area (Å²) in [6.07, 6.45) is 3.59. The molecule has 0 aromatic heterocycles. The Morgan fingerprint density at radius 3 is 2.45 bits per heavy atom. The van der Waals surface area contributed by atoms with Gasteiger partial charge in [-0.3, -0.25) is 0 Å². The standard InChI is InChI=1S/C19H18O/c1-5-14-13-15-9-7-8-10-17(15)18(16(14)6-2)11-12-19(3,4)20/h5-10,13,20H,1-2H2,3-4H3. The largest absolute Gasteiger partial charge is 0.378 e. The highest BCUT2D eigenvalue weighted by Gasteiger charge is 2.10. The minimum Gasteiger partial charge on any atom is -0.378 e. The molecule has 1 N–H and O–H groups in total. The Morgan fingerprint density at radius 2 is 1.85 bits per heavy atom. The van der Waals surface area contributed by atoms with Crippen LogP contribution in [-0.4, -0.2) is 10.7 Å². The zero-order valence-corrected chi connectivity index (χ0v) is 11.9. The molecule has 0 saturated carbocycles. The molecule has 1 nitrogen and oxygen atoms in total. The van der Waals surface area contributed by atoms with E-state index in [9.17, 15) is 5.11 Å². The molecule has 0 aliphatic carbocycles. The van der Waals surface area contributed by atoms with Crippen LogP contribution < -0.4 is 0 Å². The molecule has 0 atom stereocenters. The second-order valence-electron chi connectivity index (χ2n) is 5.19. The highest BCUT2D eigenvalue weighted by Crippen LogP contribution is 2.27. The van der Waals surface area contributed by atoms with Gasteiger partial charge in [-0.05, 0) is 41.8 Å². The van der Waals surface area contributed by atoms with Crippen LogP contribution in [0.2, 0.25) is 0 Å². The SMILES string of the molecule is C=Cc1cc2ccccc2c(C#CC(C)(C)O)c1C=C. The topological polar surface area (TPSA) is 20.2 Å². The second kappa shape index (κ2) is 5.36. The van der Waals surface area contributed by atoms with E-state index in [4.69, 9.17) is 0 Å². The van der Waals surface area contributed by atoms with Crippen LogP contribution in [0.4, 0.5) is 0 Å². The van der Waals surface area contributed by atoms with Gasteiger partial charge in [0.15, 0.2) is 0 Å². The summed E-state index contributed by atoms with van der Waals surface area (Å²) < 4.78 is 0. The van der Waals surface area contributed by atoms with Gasteiger partial charge in [0, 0.05) is 5.56 Å². The van der Waals surface area contributed by atoms with Crippen LogP contribution in [0.25, 0.3) is 22.9 Å². The van der Waals surface area contributed by atoms with E-state index in [1.165, 1.54) is 0 Å². The van der Waals surface area contributed by atoms with Gasteiger partial charge < -0.3 is 5.11 Å². The minimum atomic E-state index is -1.02. The number of benzene rings is 2. The molecule has 0 aliphatic rings. The maximum atomic E-state index is 9.82. The molecule has 0 aliphatic heterocycles. The first-order chi connectivity index (χ1) is 9.46. The van der Waals surface area contributed by atoms with Crippen molar-refractivity contribution < 1.29 is 5.11 Å². The van der Waals surface area contributed by atoms with Gasteiger partial charge in [-0.2, -0.15) is 0 Å². The summed E-state index contributed by atoms with van der Waals surface area (Å²) in [7, 11) is 0. The van der Waals surface area contributed by atoms with Gasteiger partial charge in [-0.25, -0.2) is 0 Å². The van der Waals surface area contributed by atoms with Gasteiger partial charge in [-0.1, -0.05) is 61.4 Å². The third-order valence-electron chi connectivity index (χ3n) is 3.04. The van der Waals surface area contributed by atoms with E-state index in [0.29, 0.717) is 0 Å². The Morgan fingerprint density at radius 1 is 1.15 bits per heavy atom. The average Bonchev–Trinajstić information content (AvgIpc) is 2.42. The van der Waals surface area contributed by atoms with Crippen LogP contribution in [-0.2, 0) is 0 Å². The van der Waals surface area contributed by atoms with Gasteiger partial charge in [0.05, 0.1) is 0 Å². The predicted molar refractivity (Wildman–Crippen MR) is 87.3 cm³/mol. The summed E-state index contributed by atoms with van der Waals surface area (Å²) in [4.78, 5) is 0. The number of rotatable bonds is 2. The van der Waals surface area contributed by atoms with Crippen molar-refractivity contribution >= 4 is 22.9 Å². The van der Waals surface area contributed by atoms with Crippen LogP contribution in [0.5, 0.6) is 0 Å². The van der Waals surface area contributed by atoms with Gasteiger partial charge in [0.1, 0.15) is 5.60 Å². The molecule has 0 radical (unpaired) electrons. The molecule has 100 valence electrons. The van der Waals surface area contributed by atoms with E-state index >= 15 is 0 Å². The van der Waals surface area contributed by atoms with Gasteiger partial charge in [0.2, 0.25) is 0 Å². The fraction of sp³-hybridized carbons (Fsp3) is 0.158. The zero-order valence-electron chi connectivity index (χ0n) is 11.9. The Hall–Kier alpha value is -2.30. The van der Waals surface area contributed by atoms with Crippen molar-refractivity contribution in [2.75, 3.05) is 0 Å². The molecule has 20 heavy (non-hydrogen) atoms. The molecule has 0 bridgehead atoms. The van der Waals surface area contributed by atoms with E-state index in [0.717, 1.165) is 27.5 Å². The monoisotopic (exact) mass is 262 g/mol. The first kappa shape index (κ1) is 14.1. The normalized spacial score (nSPS) is 10.8. The van der Waals surface area contributed by atoms with E-state index in [1.807, 2.05) is 24.3 Å². The van der Waals surface area contributed by atoms with Crippen molar-refractivity contribution in [3.8, 4) is 11.8 Å². The van der Waals surface area contributed by atoms with Crippen molar-refractivity contribution in [2.45, 2.75) is 19.4 Å². The Kier molecular flexibility index (Phi) is 3.79. The third-order valence-corrected chi connectivity index (χ3v) is 3.04. The molecule has 2 aromatic carbocycles. The lowest BCUT2D eigenvalue weighted by Crippen LogP contribution is -2.14. The summed E-state index contributed by atoms with van der Waals surface area (Å²) in [5, 5.41) is 12.0. The van der Waals surface area contributed by atoms with Crippen LogP contribution in [0.1, 0.15) is 30.5 Å². The smallest absolute Gasteiger partial charge is 0.120 e. The Bertz CT molecular complexity index is 734.